The van der Waals surface area contributed by atoms with Gasteiger partial charge in [-0.15, -0.1) is 0 Å². The zero-order chi connectivity index (χ0) is 13.8. The van der Waals surface area contributed by atoms with Crippen molar-refractivity contribution in [3.63, 3.8) is 0 Å². The highest BCUT2D eigenvalue weighted by Crippen LogP contribution is 2.18. The van der Waals surface area contributed by atoms with Gasteiger partial charge in [-0.25, -0.2) is 20.2 Å². The van der Waals surface area contributed by atoms with E-state index in [1.54, 1.807) is 24.4 Å². The van der Waals surface area contributed by atoms with Crippen LogP contribution in [-0.4, -0.2) is 22.9 Å². The standard InChI is InChI=1S/C12H12FN5O/c1-18(9-4-2-3-6-15-9)12(19)8-5-7-16-11(17-14)10(8)13/h2-7H,14H2,1H3,(H,16,17). The van der Waals surface area contributed by atoms with Crippen molar-refractivity contribution in [2.24, 2.45) is 5.84 Å². The molecule has 0 radical (unpaired) electrons. The molecule has 0 unspecified atom stereocenters. The van der Waals surface area contributed by atoms with E-state index in [4.69, 9.17) is 5.84 Å². The Kier molecular flexibility index (Phi) is 3.67. The maximum Gasteiger partial charge on any atom is 0.262 e. The summed E-state index contributed by atoms with van der Waals surface area (Å²) in [5, 5.41) is 0. The van der Waals surface area contributed by atoms with Gasteiger partial charge in [0.15, 0.2) is 11.6 Å². The quantitative estimate of drug-likeness (QED) is 0.640. The van der Waals surface area contributed by atoms with E-state index in [-0.39, 0.29) is 11.4 Å². The monoisotopic (exact) mass is 261 g/mol. The summed E-state index contributed by atoms with van der Waals surface area (Å²) in [6.07, 6.45) is 2.85. The minimum Gasteiger partial charge on any atom is -0.306 e. The SMILES string of the molecule is CN(C(=O)c1ccnc(NN)c1F)c1ccccn1. The molecule has 6 nitrogen and oxygen atoms in total. The molecule has 0 spiro atoms. The molecule has 0 aromatic carbocycles. The van der Waals surface area contributed by atoms with Crippen molar-refractivity contribution in [1.29, 1.82) is 0 Å². The number of hydrogen-bond acceptors (Lipinski definition) is 5. The van der Waals surface area contributed by atoms with Crippen LogP contribution in [0.5, 0.6) is 0 Å². The minimum absolute atomic E-state index is 0.129. The number of nitrogens with one attached hydrogen (secondary N) is 1. The Morgan fingerprint density at radius 3 is 2.74 bits per heavy atom. The van der Waals surface area contributed by atoms with Gasteiger partial charge in [-0.05, 0) is 18.2 Å². The normalized spacial score (nSPS) is 10.1. The summed E-state index contributed by atoms with van der Waals surface area (Å²) in [5.41, 5.74) is 1.97. The van der Waals surface area contributed by atoms with Gasteiger partial charge < -0.3 is 5.43 Å². The summed E-state index contributed by atoms with van der Waals surface area (Å²) in [6.45, 7) is 0. The van der Waals surface area contributed by atoms with Gasteiger partial charge in [0.1, 0.15) is 5.82 Å². The lowest BCUT2D eigenvalue weighted by Crippen LogP contribution is -2.28. The molecule has 2 heterocycles. The van der Waals surface area contributed by atoms with Crippen LogP contribution in [0.4, 0.5) is 16.0 Å². The molecule has 0 aliphatic carbocycles. The lowest BCUT2D eigenvalue weighted by molar-refractivity contribution is 0.0988. The second kappa shape index (κ2) is 5.40. The highest BCUT2D eigenvalue weighted by Gasteiger charge is 2.20. The average Bonchev–Trinajstić information content (AvgIpc) is 2.47. The molecule has 3 N–H and O–H groups in total. The smallest absolute Gasteiger partial charge is 0.262 e. The molecule has 7 heteroatoms. The zero-order valence-corrected chi connectivity index (χ0v) is 10.2. The minimum atomic E-state index is -0.794. The van der Waals surface area contributed by atoms with Gasteiger partial charge in [-0.1, -0.05) is 6.07 Å². The molecule has 19 heavy (non-hydrogen) atoms. The van der Waals surface area contributed by atoms with Crippen LogP contribution in [-0.2, 0) is 0 Å². The highest BCUT2D eigenvalue weighted by atomic mass is 19.1. The van der Waals surface area contributed by atoms with E-state index in [1.165, 1.54) is 24.2 Å². The third-order valence-corrected chi connectivity index (χ3v) is 2.55. The molecule has 0 saturated carbocycles. The number of nitrogens with zero attached hydrogens (tertiary/aromatic N) is 3. The number of amides is 1. The number of anilines is 2. The van der Waals surface area contributed by atoms with E-state index in [2.05, 4.69) is 15.4 Å². The predicted molar refractivity (Wildman–Crippen MR) is 69.0 cm³/mol. The van der Waals surface area contributed by atoms with Crippen LogP contribution < -0.4 is 16.2 Å². The number of aromatic nitrogens is 2. The van der Waals surface area contributed by atoms with Crippen LogP contribution in [0.15, 0.2) is 36.7 Å². The van der Waals surface area contributed by atoms with Crippen LogP contribution in [0.3, 0.4) is 0 Å². The van der Waals surface area contributed by atoms with Crippen LogP contribution in [0.1, 0.15) is 10.4 Å². The molecule has 0 bridgehead atoms. The van der Waals surface area contributed by atoms with Gasteiger partial charge in [-0.3, -0.25) is 9.69 Å². The number of pyridine rings is 2. The zero-order valence-electron chi connectivity index (χ0n) is 10.2. The largest absolute Gasteiger partial charge is 0.306 e. The summed E-state index contributed by atoms with van der Waals surface area (Å²) >= 11 is 0. The fourth-order valence-corrected chi connectivity index (χ4v) is 1.55. The van der Waals surface area contributed by atoms with Crippen molar-refractivity contribution in [3.8, 4) is 0 Å². The number of hydrogen-bond donors (Lipinski definition) is 2. The molecule has 2 aromatic heterocycles. The molecule has 0 fully saturated rings. The molecule has 0 aliphatic heterocycles. The predicted octanol–water partition coefficient (Wildman–Crippen LogP) is 1.18. The first-order chi connectivity index (χ1) is 9.15. The fourth-order valence-electron chi connectivity index (χ4n) is 1.55. The third kappa shape index (κ3) is 2.50. The van der Waals surface area contributed by atoms with Crippen molar-refractivity contribution in [3.05, 3.63) is 48.0 Å². The summed E-state index contributed by atoms with van der Waals surface area (Å²) < 4.78 is 13.9. The third-order valence-electron chi connectivity index (χ3n) is 2.55. The number of carbonyl (C=O) groups excluding carboxylic acids is 1. The van der Waals surface area contributed by atoms with Crippen molar-refractivity contribution in [2.45, 2.75) is 0 Å². The first-order valence-electron chi connectivity index (χ1n) is 5.45. The maximum atomic E-state index is 13.9. The van der Waals surface area contributed by atoms with Crippen LogP contribution in [0, 0.1) is 5.82 Å². The summed E-state index contributed by atoms with van der Waals surface area (Å²) in [5.74, 6) is 4.03. The van der Waals surface area contributed by atoms with Crippen LogP contribution >= 0.6 is 0 Å². The number of hydrazine groups is 1. The van der Waals surface area contributed by atoms with Gasteiger partial charge in [0.25, 0.3) is 5.91 Å². The lowest BCUT2D eigenvalue weighted by Gasteiger charge is -2.16. The Morgan fingerprint density at radius 1 is 1.32 bits per heavy atom. The number of nitrogen functional groups attached to an aromatic ring is 1. The van der Waals surface area contributed by atoms with E-state index in [9.17, 15) is 9.18 Å². The maximum absolute atomic E-state index is 13.9. The van der Waals surface area contributed by atoms with E-state index >= 15 is 0 Å². The van der Waals surface area contributed by atoms with Gasteiger partial charge in [0.2, 0.25) is 0 Å². The van der Waals surface area contributed by atoms with Crippen molar-refractivity contribution < 1.29 is 9.18 Å². The number of carbonyl (C=O) groups is 1. The van der Waals surface area contributed by atoms with Crippen molar-refractivity contribution in [2.75, 3.05) is 17.4 Å². The number of rotatable bonds is 3. The van der Waals surface area contributed by atoms with Crippen LogP contribution in [0.25, 0.3) is 0 Å². The Hall–Kier alpha value is -2.54. The molecule has 2 rings (SSSR count). The lowest BCUT2D eigenvalue weighted by atomic mass is 10.2. The Bertz CT molecular complexity index is 590. The molecule has 0 atom stereocenters. The Morgan fingerprint density at radius 2 is 2.11 bits per heavy atom. The Balaban J connectivity index is 2.35. The van der Waals surface area contributed by atoms with Crippen molar-refractivity contribution in [1.82, 2.24) is 9.97 Å². The van der Waals surface area contributed by atoms with Gasteiger partial charge in [0, 0.05) is 19.4 Å². The molecule has 2 aromatic rings. The number of nitrogens with two attached hydrogens (primary N) is 1. The van der Waals surface area contributed by atoms with Gasteiger partial charge >= 0.3 is 0 Å². The van der Waals surface area contributed by atoms with Crippen molar-refractivity contribution >= 4 is 17.5 Å². The first-order valence-corrected chi connectivity index (χ1v) is 5.45. The molecular formula is C12H12FN5O. The van der Waals surface area contributed by atoms with Gasteiger partial charge in [0.05, 0.1) is 5.56 Å². The first kappa shape index (κ1) is 12.9. The van der Waals surface area contributed by atoms with E-state index in [0.29, 0.717) is 5.82 Å². The molecule has 98 valence electrons. The van der Waals surface area contributed by atoms with E-state index < -0.39 is 11.7 Å². The number of halogens is 1. The summed E-state index contributed by atoms with van der Waals surface area (Å²) in [6, 6.07) is 6.41. The average molecular weight is 261 g/mol. The fraction of sp³-hybridized carbons (Fsp3) is 0.0833. The summed E-state index contributed by atoms with van der Waals surface area (Å²) in [4.78, 5) is 21.1. The molecule has 1 amide bonds. The molecule has 0 aliphatic rings. The van der Waals surface area contributed by atoms with Crippen LogP contribution in [0.2, 0.25) is 0 Å². The highest BCUT2D eigenvalue weighted by molar-refractivity contribution is 6.05. The summed E-state index contributed by atoms with van der Waals surface area (Å²) in [7, 11) is 1.51. The van der Waals surface area contributed by atoms with Gasteiger partial charge in [-0.2, -0.15) is 0 Å². The molecular weight excluding hydrogens is 249 g/mol. The van der Waals surface area contributed by atoms with E-state index in [1.807, 2.05) is 0 Å². The van der Waals surface area contributed by atoms with E-state index in [0.717, 1.165) is 0 Å². The second-order valence-corrected chi connectivity index (χ2v) is 3.72. The topological polar surface area (TPSA) is 84.1 Å². The second-order valence-electron chi connectivity index (χ2n) is 3.72. The Labute approximate surface area is 109 Å². The molecule has 0 saturated heterocycles.